The van der Waals surface area contributed by atoms with Crippen LogP contribution in [-0.2, 0) is 16.1 Å². The molecule has 2 aromatic rings. The van der Waals surface area contributed by atoms with Crippen LogP contribution in [0.3, 0.4) is 0 Å². The van der Waals surface area contributed by atoms with Crippen LogP contribution < -0.4 is 5.32 Å². The minimum absolute atomic E-state index is 0.0306. The number of thiocarbonyl (C=S) groups is 1. The molecular weight excluding hydrogens is 497 g/mol. The standard InChI is InChI=1S/C19H17ClIN3O2S/c1-23-18(26)16(10-17(25)22-15-8-6-14(21)7-9-15)24(19(23)27)11-12-2-4-13(20)5-3-12/h2-9,16H,10-11H2,1H3,(H,22,25)/t16-/m0/s1. The van der Waals surface area contributed by atoms with Gasteiger partial charge in [-0.25, -0.2) is 0 Å². The highest BCUT2D eigenvalue weighted by atomic mass is 127. The number of carbonyl (C=O) groups is 2. The van der Waals surface area contributed by atoms with E-state index in [1.165, 1.54) is 4.90 Å². The second kappa shape index (κ2) is 8.53. The molecule has 2 amide bonds. The molecule has 1 N–H and O–H groups in total. The van der Waals surface area contributed by atoms with E-state index in [2.05, 4.69) is 27.9 Å². The summed E-state index contributed by atoms with van der Waals surface area (Å²) in [5.41, 5.74) is 1.67. The summed E-state index contributed by atoms with van der Waals surface area (Å²) in [5.74, 6) is -0.402. The average Bonchev–Trinajstić information content (AvgIpc) is 2.83. The van der Waals surface area contributed by atoms with Gasteiger partial charge in [-0.15, -0.1) is 0 Å². The van der Waals surface area contributed by atoms with Crippen molar-refractivity contribution in [3.05, 3.63) is 62.7 Å². The molecule has 0 bridgehead atoms. The predicted molar refractivity (Wildman–Crippen MR) is 119 cm³/mol. The van der Waals surface area contributed by atoms with Gasteiger partial charge in [-0.2, -0.15) is 0 Å². The summed E-state index contributed by atoms with van der Waals surface area (Å²) >= 11 is 13.5. The van der Waals surface area contributed by atoms with Crippen molar-refractivity contribution in [2.24, 2.45) is 0 Å². The number of hydrogen-bond acceptors (Lipinski definition) is 3. The zero-order chi connectivity index (χ0) is 19.6. The SMILES string of the molecule is CN1C(=O)[C@H](CC(=O)Nc2ccc(I)cc2)N(Cc2ccc(Cl)cc2)C1=S. The first-order valence-electron chi connectivity index (χ1n) is 8.23. The Balaban J connectivity index is 1.72. The van der Waals surface area contributed by atoms with Gasteiger partial charge in [0.2, 0.25) is 5.91 Å². The maximum absolute atomic E-state index is 12.6. The van der Waals surface area contributed by atoms with Gasteiger partial charge in [0.15, 0.2) is 5.11 Å². The van der Waals surface area contributed by atoms with Crippen LogP contribution in [0.5, 0.6) is 0 Å². The number of hydrogen-bond donors (Lipinski definition) is 1. The van der Waals surface area contributed by atoms with E-state index in [9.17, 15) is 9.59 Å². The van der Waals surface area contributed by atoms with Crippen molar-refractivity contribution in [2.45, 2.75) is 19.0 Å². The zero-order valence-electron chi connectivity index (χ0n) is 14.5. The quantitative estimate of drug-likeness (QED) is 0.487. The van der Waals surface area contributed by atoms with Crippen molar-refractivity contribution < 1.29 is 9.59 Å². The molecule has 3 rings (SSSR count). The third-order valence-electron chi connectivity index (χ3n) is 4.30. The van der Waals surface area contributed by atoms with Gasteiger partial charge in [0.25, 0.3) is 5.91 Å². The lowest BCUT2D eigenvalue weighted by Gasteiger charge is -2.23. The predicted octanol–water partition coefficient (Wildman–Crippen LogP) is 3.90. The van der Waals surface area contributed by atoms with Gasteiger partial charge in [0.1, 0.15) is 6.04 Å². The second-order valence-corrected chi connectivity index (χ2v) is 8.26. The fourth-order valence-corrected chi connectivity index (χ4v) is 3.63. The summed E-state index contributed by atoms with van der Waals surface area (Å²) in [5, 5.41) is 3.90. The van der Waals surface area contributed by atoms with Crippen molar-refractivity contribution in [1.82, 2.24) is 9.80 Å². The molecular formula is C19H17ClIN3O2S. The Morgan fingerprint density at radius 1 is 1.19 bits per heavy atom. The molecule has 0 aliphatic carbocycles. The number of nitrogens with one attached hydrogen (secondary N) is 1. The van der Waals surface area contributed by atoms with Gasteiger partial charge in [-0.3, -0.25) is 14.5 Å². The van der Waals surface area contributed by atoms with Crippen molar-refractivity contribution >= 4 is 69.0 Å². The molecule has 0 unspecified atom stereocenters. The van der Waals surface area contributed by atoms with E-state index in [0.29, 0.717) is 22.4 Å². The van der Waals surface area contributed by atoms with Gasteiger partial charge in [0, 0.05) is 27.9 Å². The van der Waals surface area contributed by atoms with Crippen LogP contribution in [0.15, 0.2) is 48.5 Å². The molecule has 0 spiro atoms. The summed E-state index contributed by atoms with van der Waals surface area (Å²) in [6, 6.07) is 14.2. The molecule has 0 aromatic heterocycles. The molecule has 1 aliphatic rings. The molecule has 8 heteroatoms. The van der Waals surface area contributed by atoms with Crippen LogP contribution in [-0.4, -0.2) is 39.8 Å². The van der Waals surface area contributed by atoms with Crippen molar-refractivity contribution in [1.29, 1.82) is 0 Å². The van der Waals surface area contributed by atoms with Crippen molar-refractivity contribution in [3.63, 3.8) is 0 Å². The number of nitrogens with zero attached hydrogens (tertiary/aromatic N) is 2. The minimum atomic E-state index is -0.623. The smallest absolute Gasteiger partial charge is 0.251 e. The van der Waals surface area contributed by atoms with Crippen molar-refractivity contribution in [3.8, 4) is 0 Å². The minimum Gasteiger partial charge on any atom is -0.332 e. The highest BCUT2D eigenvalue weighted by molar-refractivity contribution is 14.1. The molecule has 0 saturated carbocycles. The number of likely N-dealkylation sites (N-methyl/N-ethyl adjacent to an activating group) is 1. The molecule has 1 saturated heterocycles. The Morgan fingerprint density at radius 2 is 1.81 bits per heavy atom. The molecule has 0 radical (unpaired) electrons. The van der Waals surface area contributed by atoms with Gasteiger partial charge in [-0.05, 0) is 76.8 Å². The first-order chi connectivity index (χ1) is 12.8. The van der Waals surface area contributed by atoms with Crippen LogP contribution in [0.1, 0.15) is 12.0 Å². The first-order valence-corrected chi connectivity index (χ1v) is 10.1. The van der Waals surface area contributed by atoms with Crippen LogP contribution in [0.25, 0.3) is 0 Å². The summed E-state index contributed by atoms with van der Waals surface area (Å²) in [6.45, 7) is 0.438. The van der Waals surface area contributed by atoms with E-state index < -0.39 is 6.04 Å². The van der Waals surface area contributed by atoms with Crippen molar-refractivity contribution in [2.75, 3.05) is 12.4 Å². The Kier molecular flexibility index (Phi) is 6.33. The lowest BCUT2D eigenvalue weighted by atomic mass is 10.1. The van der Waals surface area contributed by atoms with E-state index in [1.807, 2.05) is 36.4 Å². The maximum Gasteiger partial charge on any atom is 0.251 e. The van der Waals surface area contributed by atoms with E-state index in [4.69, 9.17) is 23.8 Å². The fourth-order valence-electron chi connectivity index (χ4n) is 2.86. The number of amides is 2. The van der Waals surface area contributed by atoms with Gasteiger partial charge in [0.05, 0.1) is 6.42 Å². The monoisotopic (exact) mass is 513 g/mol. The Labute approximate surface area is 181 Å². The van der Waals surface area contributed by atoms with Crippen LogP contribution >= 0.6 is 46.4 Å². The highest BCUT2D eigenvalue weighted by Gasteiger charge is 2.41. The molecule has 1 atom stereocenters. The van der Waals surface area contributed by atoms with Crippen LogP contribution in [0.4, 0.5) is 5.69 Å². The second-order valence-electron chi connectivity index (χ2n) is 6.21. The Hall–Kier alpha value is -1.71. The summed E-state index contributed by atoms with van der Waals surface area (Å²) < 4.78 is 1.08. The summed E-state index contributed by atoms with van der Waals surface area (Å²) in [4.78, 5) is 28.3. The summed E-state index contributed by atoms with van der Waals surface area (Å²) in [6.07, 6.45) is 0.0306. The summed E-state index contributed by atoms with van der Waals surface area (Å²) in [7, 11) is 1.64. The molecule has 1 fully saturated rings. The normalized spacial score (nSPS) is 16.8. The fraction of sp³-hybridized carbons (Fsp3) is 0.211. The molecule has 5 nitrogen and oxygen atoms in total. The highest BCUT2D eigenvalue weighted by Crippen LogP contribution is 2.23. The largest absolute Gasteiger partial charge is 0.332 e. The molecule has 27 heavy (non-hydrogen) atoms. The topological polar surface area (TPSA) is 52.7 Å². The molecule has 140 valence electrons. The molecule has 1 heterocycles. The average molecular weight is 514 g/mol. The number of rotatable bonds is 5. The maximum atomic E-state index is 12.6. The van der Waals surface area contributed by atoms with E-state index >= 15 is 0 Å². The zero-order valence-corrected chi connectivity index (χ0v) is 18.2. The lowest BCUT2D eigenvalue weighted by Crippen LogP contribution is -2.37. The Bertz CT molecular complexity index is 874. The number of anilines is 1. The third-order valence-corrected chi connectivity index (χ3v) is 5.78. The van der Waals surface area contributed by atoms with Crippen LogP contribution in [0.2, 0.25) is 5.02 Å². The van der Waals surface area contributed by atoms with Gasteiger partial charge in [-0.1, -0.05) is 23.7 Å². The number of halogens is 2. The van der Waals surface area contributed by atoms with E-state index in [0.717, 1.165) is 9.13 Å². The van der Waals surface area contributed by atoms with E-state index in [1.54, 1.807) is 24.1 Å². The van der Waals surface area contributed by atoms with E-state index in [-0.39, 0.29) is 18.2 Å². The first kappa shape index (κ1) is 20.0. The molecule has 1 aliphatic heterocycles. The lowest BCUT2D eigenvalue weighted by molar-refractivity contribution is -0.130. The van der Waals surface area contributed by atoms with Gasteiger partial charge < -0.3 is 10.2 Å². The number of carbonyl (C=O) groups excluding carboxylic acids is 2. The third kappa shape index (κ3) is 4.77. The van der Waals surface area contributed by atoms with Crippen LogP contribution in [0, 0.1) is 3.57 Å². The molecule has 2 aromatic carbocycles. The van der Waals surface area contributed by atoms with Gasteiger partial charge >= 0.3 is 0 Å². The Morgan fingerprint density at radius 3 is 2.44 bits per heavy atom. The number of benzene rings is 2.